The quantitative estimate of drug-likeness (QED) is 0.505. The molecule has 0 bridgehead atoms. The lowest BCUT2D eigenvalue weighted by atomic mass is 10.3. The van der Waals surface area contributed by atoms with Gasteiger partial charge in [-0.25, -0.2) is 0 Å². The van der Waals surface area contributed by atoms with Gasteiger partial charge < -0.3 is 15.4 Å². The van der Waals surface area contributed by atoms with Crippen LogP contribution in [0.1, 0.15) is 19.8 Å². The molecule has 1 aromatic heterocycles. The summed E-state index contributed by atoms with van der Waals surface area (Å²) in [7, 11) is 1.65. The van der Waals surface area contributed by atoms with Gasteiger partial charge in [-0.2, -0.15) is 0 Å². The molecule has 0 unspecified atom stereocenters. The first-order valence-corrected chi connectivity index (χ1v) is 8.02. The first-order valence-electron chi connectivity index (χ1n) is 6.22. The summed E-state index contributed by atoms with van der Waals surface area (Å²) in [5.41, 5.74) is 0. The van der Waals surface area contributed by atoms with E-state index in [0.717, 1.165) is 28.9 Å². The van der Waals surface area contributed by atoms with Crippen LogP contribution in [-0.4, -0.2) is 48.7 Å². The van der Waals surface area contributed by atoms with E-state index in [4.69, 9.17) is 4.74 Å². The van der Waals surface area contributed by atoms with Crippen LogP contribution in [0.4, 0.5) is 5.13 Å². The Kier molecular flexibility index (Phi) is 8.52. The monoisotopic (exact) mass is 304 g/mol. The maximum absolute atomic E-state index is 11.5. The fourth-order valence-corrected chi connectivity index (χ4v) is 2.79. The van der Waals surface area contributed by atoms with Crippen molar-refractivity contribution in [3.63, 3.8) is 0 Å². The van der Waals surface area contributed by atoms with Gasteiger partial charge >= 0.3 is 0 Å². The van der Waals surface area contributed by atoms with Crippen molar-refractivity contribution in [2.75, 3.05) is 37.9 Å². The number of ether oxygens (including phenoxy) is 1. The second kappa shape index (κ2) is 9.99. The number of nitrogens with zero attached hydrogens (tertiary/aromatic N) is 2. The highest BCUT2D eigenvalue weighted by Crippen LogP contribution is 2.24. The average Bonchev–Trinajstić information content (AvgIpc) is 2.85. The molecule has 0 radical (unpaired) electrons. The lowest BCUT2D eigenvalue weighted by Gasteiger charge is -2.01. The molecule has 1 aromatic rings. The Morgan fingerprint density at radius 1 is 1.42 bits per heavy atom. The molecule has 2 N–H and O–H groups in total. The maximum atomic E-state index is 11.5. The Hall–Kier alpha value is -0.860. The van der Waals surface area contributed by atoms with Crippen LogP contribution < -0.4 is 10.6 Å². The number of rotatable bonds is 10. The van der Waals surface area contributed by atoms with Gasteiger partial charge in [-0.1, -0.05) is 36.4 Å². The second-order valence-corrected chi connectivity index (χ2v) is 5.98. The van der Waals surface area contributed by atoms with Crippen molar-refractivity contribution >= 4 is 34.1 Å². The van der Waals surface area contributed by atoms with Gasteiger partial charge in [-0.3, -0.25) is 4.79 Å². The number of thioether (sulfide) groups is 1. The fraction of sp³-hybridized carbons (Fsp3) is 0.727. The molecule has 19 heavy (non-hydrogen) atoms. The van der Waals surface area contributed by atoms with Gasteiger partial charge in [0.25, 0.3) is 0 Å². The van der Waals surface area contributed by atoms with E-state index < -0.39 is 0 Å². The zero-order valence-electron chi connectivity index (χ0n) is 11.3. The van der Waals surface area contributed by atoms with E-state index >= 15 is 0 Å². The lowest BCUT2D eigenvalue weighted by molar-refractivity contribution is -0.118. The zero-order chi connectivity index (χ0) is 13.9. The number of hydrogen-bond acceptors (Lipinski definition) is 7. The molecular formula is C11H20N4O2S2. The van der Waals surface area contributed by atoms with E-state index in [9.17, 15) is 4.79 Å². The number of anilines is 1. The van der Waals surface area contributed by atoms with Gasteiger partial charge in [0.15, 0.2) is 4.34 Å². The molecular weight excluding hydrogens is 284 g/mol. The smallest absolute Gasteiger partial charge is 0.230 e. The topological polar surface area (TPSA) is 76.1 Å². The Bertz CT molecular complexity index is 373. The summed E-state index contributed by atoms with van der Waals surface area (Å²) in [6.45, 7) is 4.17. The van der Waals surface area contributed by atoms with Crippen molar-refractivity contribution in [1.82, 2.24) is 15.5 Å². The van der Waals surface area contributed by atoms with Crippen molar-refractivity contribution in [3.8, 4) is 0 Å². The number of carbonyl (C=O) groups excluding carboxylic acids is 1. The maximum Gasteiger partial charge on any atom is 0.230 e. The van der Waals surface area contributed by atoms with E-state index in [0.29, 0.717) is 18.9 Å². The molecule has 0 aromatic carbocycles. The number of aromatic nitrogens is 2. The summed E-state index contributed by atoms with van der Waals surface area (Å²) < 4.78 is 5.73. The standard InChI is InChI=1S/C11H20N4O2S2/c1-3-4-5-12-9(16)8-18-11-15-14-10(19-11)13-6-7-17-2/h3-8H2,1-2H3,(H,12,16)(H,13,14). The molecule has 6 nitrogen and oxygen atoms in total. The minimum absolute atomic E-state index is 0.0440. The number of carbonyl (C=O) groups is 1. The summed E-state index contributed by atoms with van der Waals surface area (Å²) in [6, 6.07) is 0. The summed E-state index contributed by atoms with van der Waals surface area (Å²) >= 11 is 2.86. The molecule has 1 rings (SSSR count). The molecule has 1 amide bonds. The molecule has 1 heterocycles. The third-order valence-corrected chi connectivity index (χ3v) is 4.18. The molecule has 0 saturated carbocycles. The SMILES string of the molecule is CCCCNC(=O)CSc1nnc(NCCOC)s1. The molecule has 0 aliphatic rings. The third kappa shape index (κ3) is 7.34. The first-order chi connectivity index (χ1) is 9.26. The van der Waals surface area contributed by atoms with Gasteiger partial charge in [0.05, 0.1) is 12.4 Å². The molecule has 8 heteroatoms. The normalized spacial score (nSPS) is 10.4. The van der Waals surface area contributed by atoms with Crippen molar-refractivity contribution in [2.24, 2.45) is 0 Å². The molecule has 0 aliphatic heterocycles. The molecule has 0 spiro atoms. The van der Waals surface area contributed by atoms with Crippen LogP contribution in [0.5, 0.6) is 0 Å². The fourth-order valence-electron chi connectivity index (χ4n) is 1.18. The largest absolute Gasteiger partial charge is 0.383 e. The molecule has 0 saturated heterocycles. The van der Waals surface area contributed by atoms with Crippen LogP contribution in [0.2, 0.25) is 0 Å². The highest BCUT2D eigenvalue weighted by atomic mass is 32.2. The van der Waals surface area contributed by atoms with Gasteiger partial charge in [0.2, 0.25) is 11.0 Å². The lowest BCUT2D eigenvalue weighted by Crippen LogP contribution is -2.25. The molecule has 0 fully saturated rings. The number of amides is 1. The summed E-state index contributed by atoms with van der Waals surface area (Å²) in [6.07, 6.45) is 2.10. The Labute approximate surface area is 121 Å². The second-order valence-electron chi connectivity index (χ2n) is 3.78. The van der Waals surface area contributed by atoms with Crippen LogP contribution in [0.3, 0.4) is 0 Å². The van der Waals surface area contributed by atoms with Crippen molar-refractivity contribution in [1.29, 1.82) is 0 Å². The number of hydrogen-bond donors (Lipinski definition) is 2. The van der Waals surface area contributed by atoms with Crippen LogP contribution in [-0.2, 0) is 9.53 Å². The van der Waals surface area contributed by atoms with Crippen molar-refractivity contribution in [2.45, 2.75) is 24.1 Å². The van der Waals surface area contributed by atoms with E-state index in [2.05, 4.69) is 27.8 Å². The molecule has 0 atom stereocenters. The van der Waals surface area contributed by atoms with Crippen molar-refractivity contribution in [3.05, 3.63) is 0 Å². The predicted molar refractivity (Wildman–Crippen MR) is 78.9 cm³/mol. The van der Waals surface area contributed by atoms with Crippen LogP contribution in [0.25, 0.3) is 0 Å². The Morgan fingerprint density at radius 3 is 3.00 bits per heavy atom. The first kappa shape index (κ1) is 16.2. The predicted octanol–water partition coefficient (Wildman–Crippen LogP) is 1.60. The molecule has 108 valence electrons. The minimum Gasteiger partial charge on any atom is -0.383 e. The summed E-state index contributed by atoms with van der Waals surface area (Å²) in [5.74, 6) is 0.429. The van der Waals surface area contributed by atoms with Crippen LogP contribution in [0, 0.1) is 0 Å². The zero-order valence-corrected chi connectivity index (χ0v) is 12.9. The summed E-state index contributed by atoms with van der Waals surface area (Å²) in [5, 5.41) is 14.7. The van der Waals surface area contributed by atoms with E-state index in [-0.39, 0.29) is 5.91 Å². The molecule has 0 aliphatic carbocycles. The van der Waals surface area contributed by atoms with Crippen LogP contribution >= 0.6 is 23.1 Å². The van der Waals surface area contributed by atoms with Crippen LogP contribution in [0.15, 0.2) is 4.34 Å². The Morgan fingerprint density at radius 2 is 2.26 bits per heavy atom. The number of methoxy groups -OCH3 is 1. The number of unbranched alkanes of at least 4 members (excludes halogenated alkanes) is 1. The van der Waals surface area contributed by atoms with Gasteiger partial charge in [0, 0.05) is 20.2 Å². The average molecular weight is 304 g/mol. The van der Waals surface area contributed by atoms with Gasteiger partial charge in [-0.05, 0) is 6.42 Å². The van der Waals surface area contributed by atoms with Crippen molar-refractivity contribution < 1.29 is 9.53 Å². The Balaban J connectivity index is 2.20. The third-order valence-electron chi connectivity index (χ3n) is 2.17. The highest BCUT2D eigenvalue weighted by molar-refractivity contribution is 8.01. The van der Waals surface area contributed by atoms with Gasteiger partial charge in [-0.15, -0.1) is 10.2 Å². The highest BCUT2D eigenvalue weighted by Gasteiger charge is 2.07. The summed E-state index contributed by atoms with van der Waals surface area (Å²) in [4.78, 5) is 11.5. The number of nitrogens with one attached hydrogen (secondary N) is 2. The van der Waals surface area contributed by atoms with E-state index in [1.54, 1.807) is 7.11 Å². The van der Waals surface area contributed by atoms with Gasteiger partial charge in [0.1, 0.15) is 0 Å². The van der Waals surface area contributed by atoms with E-state index in [1.807, 2.05) is 0 Å². The minimum atomic E-state index is 0.0440. The van der Waals surface area contributed by atoms with E-state index in [1.165, 1.54) is 23.1 Å².